The van der Waals surface area contributed by atoms with Crippen LogP contribution in [0.4, 0.5) is 0 Å². The van der Waals surface area contributed by atoms with Crippen molar-refractivity contribution < 1.29 is 4.79 Å². The van der Waals surface area contributed by atoms with Crippen LogP contribution in [0.2, 0.25) is 0 Å². The number of nitrogens with one attached hydrogen (secondary N) is 2. The molecule has 16 heavy (non-hydrogen) atoms. The molecule has 0 bridgehead atoms. The number of aryl methyl sites for hydroxylation is 1. The van der Waals surface area contributed by atoms with Crippen LogP contribution in [0.3, 0.4) is 0 Å². The Bertz CT molecular complexity index is 397. The lowest BCUT2D eigenvalue weighted by Gasteiger charge is -2.12. The first-order valence-corrected chi connectivity index (χ1v) is 5.62. The molecule has 2 heterocycles. The van der Waals surface area contributed by atoms with E-state index in [1.54, 1.807) is 6.20 Å². The van der Waals surface area contributed by atoms with Gasteiger partial charge in [0, 0.05) is 18.8 Å². The van der Waals surface area contributed by atoms with E-state index in [0.717, 1.165) is 30.6 Å². The number of pyridine rings is 1. The minimum absolute atomic E-state index is 0.0603. The Balaban J connectivity index is 2.11. The summed E-state index contributed by atoms with van der Waals surface area (Å²) in [6.45, 7) is 5.76. The van der Waals surface area contributed by atoms with E-state index in [0.29, 0.717) is 5.69 Å². The summed E-state index contributed by atoms with van der Waals surface area (Å²) < 4.78 is 0. The zero-order valence-corrected chi connectivity index (χ0v) is 9.71. The third-order valence-corrected chi connectivity index (χ3v) is 3.09. The molecule has 2 N–H and O–H groups in total. The Hall–Kier alpha value is -1.42. The molecule has 1 fully saturated rings. The van der Waals surface area contributed by atoms with Gasteiger partial charge < -0.3 is 10.6 Å². The molecular formula is C12H17N3O. The van der Waals surface area contributed by atoms with Crippen molar-refractivity contribution in [2.24, 2.45) is 0 Å². The first-order chi connectivity index (χ1) is 7.68. The number of hydrogen-bond acceptors (Lipinski definition) is 3. The zero-order chi connectivity index (χ0) is 11.5. The lowest BCUT2D eigenvalue weighted by molar-refractivity contribution is 0.0934. The maximum atomic E-state index is 12.0. The molecule has 0 spiro atoms. The third kappa shape index (κ3) is 2.22. The minimum atomic E-state index is -0.0603. The predicted octanol–water partition coefficient (Wildman–Crippen LogP) is 0.790. The summed E-state index contributed by atoms with van der Waals surface area (Å²) in [5.74, 6) is -0.0603. The van der Waals surface area contributed by atoms with Crippen molar-refractivity contribution in [2.75, 3.05) is 13.1 Å². The number of aromatic nitrogens is 1. The van der Waals surface area contributed by atoms with Crippen molar-refractivity contribution in [3.8, 4) is 0 Å². The van der Waals surface area contributed by atoms with Crippen molar-refractivity contribution >= 4 is 5.91 Å². The molecule has 1 aliphatic rings. The molecule has 4 heteroatoms. The average Bonchev–Trinajstić information content (AvgIpc) is 2.74. The standard InChI is InChI=1S/C12H17N3O/c1-8-3-6-14-11(9(8)2)12(16)15-10-4-5-13-7-10/h3,6,10,13H,4-5,7H2,1-2H3,(H,15,16). The number of hydrogen-bond donors (Lipinski definition) is 2. The van der Waals surface area contributed by atoms with Crippen LogP contribution in [0.25, 0.3) is 0 Å². The Labute approximate surface area is 95.5 Å². The highest BCUT2D eigenvalue weighted by Crippen LogP contribution is 2.10. The van der Waals surface area contributed by atoms with Crippen LogP contribution in [-0.2, 0) is 0 Å². The summed E-state index contributed by atoms with van der Waals surface area (Å²) in [6, 6.07) is 2.16. The summed E-state index contributed by atoms with van der Waals surface area (Å²) in [7, 11) is 0. The number of carbonyl (C=O) groups is 1. The van der Waals surface area contributed by atoms with Gasteiger partial charge in [-0.3, -0.25) is 9.78 Å². The van der Waals surface area contributed by atoms with E-state index in [9.17, 15) is 4.79 Å². The summed E-state index contributed by atoms with van der Waals surface area (Å²) >= 11 is 0. The molecule has 0 radical (unpaired) electrons. The molecule has 1 saturated heterocycles. The topological polar surface area (TPSA) is 54.0 Å². The number of nitrogens with zero attached hydrogens (tertiary/aromatic N) is 1. The van der Waals surface area contributed by atoms with E-state index in [4.69, 9.17) is 0 Å². The highest BCUT2D eigenvalue weighted by atomic mass is 16.1. The third-order valence-electron chi connectivity index (χ3n) is 3.09. The molecule has 1 amide bonds. The number of carbonyl (C=O) groups excluding carboxylic acids is 1. The largest absolute Gasteiger partial charge is 0.347 e. The molecule has 2 rings (SSSR count). The normalized spacial score (nSPS) is 19.8. The monoisotopic (exact) mass is 219 g/mol. The fourth-order valence-corrected chi connectivity index (χ4v) is 1.89. The maximum absolute atomic E-state index is 12.0. The van der Waals surface area contributed by atoms with E-state index >= 15 is 0 Å². The second-order valence-corrected chi connectivity index (χ2v) is 4.26. The van der Waals surface area contributed by atoms with Crippen molar-refractivity contribution in [3.05, 3.63) is 29.1 Å². The van der Waals surface area contributed by atoms with E-state index in [1.807, 2.05) is 19.9 Å². The molecule has 0 saturated carbocycles. The molecule has 1 aliphatic heterocycles. The highest BCUT2D eigenvalue weighted by Gasteiger charge is 2.19. The Kier molecular flexibility index (Phi) is 3.19. The van der Waals surface area contributed by atoms with Crippen LogP contribution in [0.5, 0.6) is 0 Å². The van der Waals surface area contributed by atoms with Crippen LogP contribution < -0.4 is 10.6 Å². The number of amides is 1. The van der Waals surface area contributed by atoms with E-state index < -0.39 is 0 Å². The summed E-state index contributed by atoms with van der Waals surface area (Å²) in [4.78, 5) is 16.1. The molecule has 86 valence electrons. The van der Waals surface area contributed by atoms with Crippen molar-refractivity contribution in [3.63, 3.8) is 0 Å². The molecule has 4 nitrogen and oxygen atoms in total. The van der Waals surface area contributed by atoms with Gasteiger partial charge in [0.2, 0.25) is 0 Å². The highest BCUT2D eigenvalue weighted by molar-refractivity contribution is 5.94. The van der Waals surface area contributed by atoms with Crippen molar-refractivity contribution in [2.45, 2.75) is 26.3 Å². The quantitative estimate of drug-likeness (QED) is 0.773. The fourth-order valence-electron chi connectivity index (χ4n) is 1.89. The zero-order valence-electron chi connectivity index (χ0n) is 9.71. The molecule has 1 unspecified atom stereocenters. The second kappa shape index (κ2) is 4.61. The number of rotatable bonds is 2. The van der Waals surface area contributed by atoms with E-state index in [1.165, 1.54) is 0 Å². The van der Waals surface area contributed by atoms with E-state index in [2.05, 4.69) is 15.6 Å². The minimum Gasteiger partial charge on any atom is -0.347 e. The van der Waals surface area contributed by atoms with Crippen LogP contribution in [0.1, 0.15) is 28.0 Å². The van der Waals surface area contributed by atoms with Crippen LogP contribution in [0, 0.1) is 13.8 Å². The summed E-state index contributed by atoms with van der Waals surface area (Å²) in [6.07, 6.45) is 2.68. The fraction of sp³-hybridized carbons (Fsp3) is 0.500. The molecule has 0 aromatic carbocycles. The lowest BCUT2D eigenvalue weighted by atomic mass is 10.1. The van der Waals surface area contributed by atoms with Gasteiger partial charge in [0.1, 0.15) is 5.69 Å². The first-order valence-electron chi connectivity index (χ1n) is 5.62. The smallest absolute Gasteiger partial charge is 0.270 e. The van der Waals surface area contributed by atoms with Crippen LogP contribution >= 0.6 is 0 Å². The predicted molar refractivity (Wildman–Crippen MR) is 62.5 cm³/mol. The molecule has 1 aromatic rings. The average molecular weight is 219 g/mol. The van der Waals surface area contributed by atoms with Gasteiger partial charge in [-0.15, -0.1) is 0 Å². The molecule has 0 aliphatic carbocycles. The first kappa shape index (κ1) is 11.1. The van der Waals surface area contributed by atoms with Crippen LogP contribution in [0.15, 0.2) is 12.3 Å². The van der Waals surface area contributed by atoms with Crippen molar-refractivity contribution in [1.82, 2.24) is 15.6 Å². The Morgan fingerprint density at radius 3 is 3.06 bits per heavy atom. The van der Waals surface area contributed by atoms with Gasteiger partial charge in [-0.05, 0) is 44.0 Å². The van der Waals surface area contributed by atoms with Gasteiger partial charge in [-0.2, -0.15) is 0 Å². The van der Waals surface area contributed by atoms with Gasteiger partial charge >= 0.3 is 0 Å². The van der Waals surface area contributed by atoms with Gasteiger partial charge in [-0.25, -0.2) is 0 Å². The van der Waals surface area contributed by atoms with E-state index in [-0.39, 0.29) is 11.9 Å². The summed E-state index contributed by atoms with van der Waals surface area (Å²) in [5, 5.41) is 6.22. The SMILES string of the molecule is Cc1ccnc(C(=O)NC2CCNC2)c1C. The molecule has 1 aromatic heterocycles. The van der Waals surface area contributed by atoms with Crippen molar-refractivity contribution in [1.29, 1.82) is 0 Å². The Morgan fingerprint density at radius 2 is 2.38 bits per heavy atom. The summed E-state index contributed by atoms with van der Waals surface area (Å²) in [5.41, 5.74) is 2.61. The second-order valence-electron chi connectivity index (χ2n) is 4.26. The Morgan fingerprint density at radius 1 is 1.56 bits per heavy atom. The van der Waals surface area contributed by atoms with Gasteiger partial charge in [-0.1, -0.05) is 0 Å². The lowest BCUT2D eigenvalue weighted by Crippen LogP contribution is -2.37. The van der Waals surface area contributed by atoms with Gasteiger partial charge in [0.25, 0.3) is 5.91 Å². The molecule has 1 atom stereocenters. The molecular weight excluding hydrogens is 202 g/mol. The van der Waals surface area contributed by atoms with Gasteiger partial charge in [0.05, 0.1) is 0 Å². The van der Waals surface area contributed by atoms with Gasteiger partial charge in [0.15, 0.2) is 0 Å². The van der Waals surface area contributed by atoms with Crippen LogP contribution in [-0.4, -0.2) is 30.0 Å². The maximum Gasteiger partial charge on any atom is 0.270 e.